The first-order valence-corrected chi connectivity index (χ1v) is 9.11. The smallest absolute Gasteiger partial charge is 0.242 e. The first-order valence-electron chi connectivity index (χ1n) is 6.40. The summed E-state index contributed by atoms with van der Waals surface area (Å²) < 4.78 is 27.9. The first-order chi connectivity index (χ1) is 9.03. The van der Waals surface area contributed by atoms with Crippen LogP contribution in [-0.4, -0.2) is 26.8 Å². The summed E-state index contributed by atoms with van der Waals surface area (Å²) in [5.74, 6) is 0. The maximum Gasteiger partial charge on any atom is 0.242 e. The molecule has 1 aromatic rings. The third-order valence-electron chi connectivity index (χ3n) is 3.66. The number of rotatable bonds is 5. The molecule has 0 amide bonds. The molecular formula is C13H20N2O2S2. The summed E-state index contributed by atoms with van der Waals surface area (Å²) in [6.45, 7) is 0.355. The molecule has 4 nitrogen and oxygen atoms in total. The van der Waals surface area contributed by atoms with Crippen molar-refractivity contribution in [1.82, 2.24) is 4.72 Å². The molecule has 0 spiro atoms. The van der Waals surface area contributed by atoms with E-state index in [1.807, 2.05) is 18.4 Å². The lowest BCUT2D eigenvalue weighted by atomic mass is 10.0. The van der Waals surface area contributed by atoms with Gasteiger partial charge in [0, 0.05) is 17.0 Å². The molecule has 0 heterocycles. The first kappa shape index (κ1) is 14.8. The van der Waals surface area contributed by atoms with Crippen molar-refractivity contribution >= 4 is 21.8 Å². The Balaban J connectivity index is 2.32. The Bertz CT molecular complexity index is 537. The summed E-state index contributed by atoms with van der Waals surface area (Å²) in [7, 11) is -3.51. The Morgan fingerprint density at radius 2 is 1.95 bits per heavy atom. The van der Waals surface area contributed by atoms with Crippen molar-refractivity contribution in [3.8, 4) is 0 Å². The predicted molar refractivity (Wildman–Crippen MR) is 78.8 cm³/mol. The second-order valence-electron chi connectivity index (χ2n) is 4.95. The molecule has 1 fully saturated rings. The van der Waals surface area contributed by atoms with Crippen LogP contribution in [0.25, 0.3) is 0 Å². The van der Waals surface area contributed by atoms with Gasteiger partial charge in [0.25, 0.3) is 0 Å². The van der Waals surface area contributed by atoms with Crippen LogP contribution in [0.5, 0.6) is 0 Å². The molecule has 1 aromatic carbocycles. The van der Waals surface area contributed by atoms with E-state index in [-0.39, 0.29) is 0 Å². The molecule has 106 valence electrons. The van der Waals surface area contributed by atoms with Crippen molar-refractivity contribution < 1.29 is 8.42 Å². The third kappa shape index (κ3) is 3.13. The van der Waals surface area contributed by atoms with E-state index in [1.54, 1.807) is 12.1 Å². The van der Waals surface area contributed by atoms with Crippen molar-refractivity contribution in [3.05, 3.63) is 24.3 Å². The lowest BCUT2D eigenvalue weighted by molar-refractivity contribution is 0.399. The quantitative estimate of drug-likeness (QED) is 0.815. The number of thioether (sulfide) groups is 1. The molecule has 1 aliphatic rings. The normalized spacial score (nSPS) is 18.6. The highest BCUT2D eigenvalue weighted by Crippen LogP contribution is 2.32. The van der Waals surface area contributed by atoms with Gasteiger partial charge < -0.3 is 5.73 Å². The number of hydrogen-bond donors (Lipinski definition) is 2. The summed E-state index contributed by atoms with van der Waals surface area (Å²) in [6.07, 6.45) is 5.59. The third-order valence-corrected chi connectivity index (χ3v) is 6.22. The van der Waals surface area contributed by atoms with Crippen molar-refractivity contribution in [1.29, 1.82) is 0 Å². The van der Waals surface area contributed by atoms with Crippen LogP contribution in [0.1, 0.15) is 25.7 Å². The molecule has 0 unspecified atom stereocenters. The van der Waals surface area contributed by atoms with E-state index < -0.39 is 15.6 Å². The van der Waals surface area contributed by atoms with Crippen molar-refractivity contribution in [2.45, 2.75) is 41.0 Å². The van der Waals surface area contributed by atoms with Gasteiger partial charge in [-0.1, -0.05) is 25.0 Å². The van der Waals surface area contributed by atoms with Gasteiger partial charge in [-0.05, 0) is 31.2 Å². The number of hydrogen-bond acceptors (Lipinski definition) is 4. The number of sulfonamides is 1. The zero-order chi connectivity index (χ0) is 13.9. The SMILES string of the molecule is CSc1ccccc1S(=O)(=O)NC1(CN)CCCC1. The number of benzene rings is 1. The molecule has 0 saturated heterocycles. The van der Waals surface area contributed by atoms with Gasteiger partial charge in [-0.25, -0.2) is 13.1 Å². The van der Waals surface area contributed by atoms with E-state index in [0.29, 0.717) is 11.4 Å². The summed E-state index contributed by atoms with van der Waals surface area (Å²) in [6, 6.07) is 7.06. The Morgan fingerprint density at radius 3 is 2.53 bits per heavy atom. The minimum absolute atomic E-state index is 0.349. The average Bonchev–Trinajstić information content (AvgIpc) is 2.87. The number of nitrogens with two attached hydrogens (primary N) is 1. The van der Waals surface area contributed by atoms with E-state index in [2.05, 4.69) is 4.72 Å². The van der Waals surface area contributed by atoms with E-state index >= 15 is 0 Å². The Kier molecular flexibility index (Phi) is 4.55. The fourth-order valence-corrected chi connectivity index (χ4v) is 5.20. The largest absolute Gasteiger partial charge is 0.329 e. The minimum Gasteiger partial charge on any atom is -0.329 e. The van der Waals surface area contributed by atoms with Gasteiger partial charge in [-0.15, -0.1) is 11.8 Å². The minimum atomic E-state index is -3.51. The van der Waals surface area contributed by atoms with Gasteiger partial charge in [-0.2, -0.15) is 0 Å². The average molecular weight is 300 g/mol. The molecular weight excluding hydrogens is 280 g/mol. The second kappa shape index (κ2) is 5.83. The Morgan fingerprint density at radius 1 is 1.32 bits per heavy atom. The zero-order valence-electron chi connectivity index (χ0n) is 11.1. The molecule has 2 rings (SSSR count). The Labute approximate surface area is 119 Å². The van der Waals surface area contributed by atoms with E-state index in [1.165, 1.54) is 11.8 Å². The van der Waals surface area contributed by atoms with Gasteiger partial charge in [0.05, 0.1) is 4.90 Å². The molecule has 0 aliphatic heterocycles. The summed E-state index contributed by atoms with van der Waals surface area (Å²) in [5, 5.41) is 0. The topological polar surface area (TPSA) is 72.2 Å². The molecule has 0 radical (unpaired) electrons. The molecule has 1 saturated carbocycles. The summed E-state index contributed by atoms with van der Waals surface area (Å²) >= 11 is 1.44. The highest BCUT2D eigenvalue weighted by molar-refractivity contribution is 7.99. The van der Waals surface area contributed by atoms with Crippen LogP contribution in [0, 0.1) is 0 Å². The monoisotopic (exact) mass is 300 g/mol. The second-order valence-corrected chi connectivity index (χ2v) is 7.45. The van der Waals surface area contributed by atoms with Crippen LogP contribution in [0.2, 0.25) is 0 Å². The summed E-state index contributed by atoms with van der Waals surface area (Å²) in [4.78, 5) is 1.11. The molecule has 0 aromatic heterocycles. The van der Waals surface area contributed by atoms with Crippen LogP contribution in [-0.2, 0) is 10.0 Å². The standard InChI is InChI=1S/C13H20N2O2S2/c1-18-11-6-2-3-7-12(11)19(16,17)15-13(10-14)8-4-5-9-13/h2-3,6-7,15H,4-5,8-10,14H2,1H3. The predicted octanol–water partition coefficient (Wildman–Crippen LogP) is 1.96. The maximum absolute atomic E-state index is 12.6. The van der Waals surface area contributed by atoms with E-state index in [9.17, 15) is 8.42 Å². The molecule has 1 aliphatic carbocycles. The van der Waals surface area contributed by atoms with Gasteiger partial charge >= 0.3 is 0 Å². The van der Waals surface area contributed by atoms with Gasteiger partial charge in [0.2, 0.25) is 10.0 Å². The van der Waals surface area contributed by atoms with Crippen LogP contribution in [0.4, 0.5) is 0 Å². The molecule has 6 heteroatoms. The molecule has 0 atom stereocenters. The Hall–Kier alpha value is -0.560. The van der Waals surface area contributed by atoms with Crippen molar-refractivity contribution in [2.24, 2.45) is 5.73 Å². The van der Waals surface area contributed by atoms with Gasteiger partial charge in [0.15, 0.2) is 0 Å². The van der Waals surface area contributed by atoms with Crippen LogP contribution in [0.3, 0.4) is 0 Å². The van der Waals surface area contributed by atoms with Crippen molar-refractivity contribution in [3.63, 3.8) is 0 Å². The highest BCUT2D eigenvalue weighted by atomic mass is 32.2. The van der Waals surface area contributed by atoms with Crippen LogP contribution in [0.15, 0.2) is 34.1 Å². The van der Waals surface area contributed by atoms with Crippen LogP contribution < -0.4 is 10.5 Å². The molecule has 19 heavy (non-hydrogen) atoms. The van der Waals surface area contributed by atoms with Crippen LogP contribution >= 0.6 is 11.8 Å². The zero-order valence-corrected chi connectivity index (χ0v) is 12.7. The maximum atomic E-state index is 12.6. The lowest BCUT2D eigenvalue weighted by Crippen LogP contribution is -2.51. The van der Waals surface area contributed by atoms with Gasteiger partial charge in [0.1, 0.15) is 0 Å². The van der Waals surface area contributed by atoms with E-state index in [0.717, 1.165) is 30.6 Å². The molecule has 0 bridgehead atoms. The van der Waals surface area contributed by atoms with E-state index in [4.69, 9.17) is 5.73 Å². The lowest BCUT2D eigenvalue weighted by Gasteiger charge is -2.28. The highest BCUT2D eigenvalue weighted by Gasteiger charge is 2.37. The van der Waals surface area contributed by atoms with Gasteiger partial charge in [-0.3, -0.25) is 0 Å². The summed E-state index contributed by atoms with van der Waals surface area (Å²) in [5.41, 5.74) is 5.34. The fourth-order valence-electron chi connectivity index (χ4n) is 2.58. The van der Waals surface area contributed by atoms with Crippen molar-refractivity contribution in [2.75, 3.05) is 12.8 Å². The molecule has 3 N–H and O–H groups in total. The number of nitrogens with one attached hydrogen (secondary N) is 1. The fraction of sp³-hybridized carbons (Fsp3) is 0.538.